The minimum absolute atomic E-state index is 0.0761. The van der Waals surface area contributed by atoms with Crippen LogP contribution in [0.15, 0.2) is 41.9 Å². The molecule has 3 nitrogen and oxygen atoms in total. The number of Topliss-reactive ketones (excluding diaryl/α,β-unsaturated/α-hetero) is 1. The van der Waals surface area contributed by atoms with Crippen LogP contribution < -0.4 is 0 Å². The quantitative estimate of drug-likeness (QED) is 0.889. The molecule has 3 heteroatoms. The van der Waals surface area contributed by atoms with E-state index in [1.165, 1.54) is 0 Å². The summed E-state index contributed by atoms with van der Waals surface area (Å²) in [6.07, 6.45) is 0.907. The molecule has 0 aromatic heterocycles. The maximum absolute atomic E-state index is 11.9. The first kappa shape index (κ1) is 12.7. The highest BCUT2D eigenvalue weighted by Gasteiger charge is 2.34. The van der Waals surface area contributed by atoms with Crippen LogP contribution in [0.25, 0.3) is 0 Å². The molecule has 0 atom stereocenters. The molecule has 0 spiro atoms. The summed E-state index contributed by atoms with van der Waals surface area (Å²) >= 11 is 0. The zero-order valence-electron chi connectivity index (χ0n) is 10.8. The smallest absolute Gasteiger partial charge is 0.201 e. The van der Waals surface area contributed by atoms with Crippen LogP contribution in [-0.4, -0.2) is 10.9 Å². The Morgan fingerprint density at radius 2 is 1.89 bits per heavy atom. The van der Waals surface area contributed by atoms with Gasteiger partial charge in [-0.15, -0.1) is 0 Å². The van der Waals surface area contributed by atoms with Crippen molar-refractivity contribution in [2.75, 3.05) is 0 Å². The lowest BCUT2D eigenvalue weighted by atomic mass is 9.79. The first-order chi connectivity index (χ1) is 8.48. The molecule has 96 valence electrons. The fraction of sp³-hybridized carbons (Fsp3) is 0.400. The van der Waals surface area contributed by atoms with E-state index in [0.717, 1.165) is 5.56 Å². The summed E-state index contributed by atoms with van der Waals surface area (Å²) in [6.45, 7) is 4.25. The third kappa shape index (κ3) is 2.92. The van der Waals surface area contributed by atoms with Gasteiger partial charge in [0.1, 0.15) is 12.4 Å². The summed E-state index contributed by atoms with van der Waals surface area (Å²) in [5.74, 6) is 0.102. The standard InChI is InChI=1S/C15H18O3/c1-15(2)8-12(16)14(13(17)9-15)18-10-11-6-4-3-5-7-11/h3-7,16H,8-10H2,1-2H3. The Hall–Kier alpha value is -1.77. The number of hydrogen-bond donors (Lipinski definition) is 1. The fourth-order valence-corrected chi connectivity index (χ4v) is 2.17. The third-order valence-electron chi connectivity index (χ3n) is 3.03. The molecule has 0 saturated heterocycles. The molecule has 1 aromatic rings. The summed E-state index contributed by atoms with van der Waals surface area (Å²) in [7, 11) is 0. The van der Waals surface area contributed by atoms with Crippen LogP contribution in [0.5, 0.6) is 0 Å². The number of carbonyl (C=O) groups excluding carboxylic acids is 1. The minimum atomic E-state index is -0.180. The van der Waals surface area contributed by atoms with Crippen LogP contribution in [0.4, 0.5) is 0 Å². The first-order valence-electron chi connectivity index (χ1n) is 6.10. The van der Waals surface area contributed by atoms with Crippen molar-refractivity contribution >= 4 is 5.78 Å². The van der Waals surface area contributed by atoms with Gasteiger partial charge < -0.3 is 9.84 Å². The van der Waals surface area contributed by atoms with Crippen molar-refractivity contribution in [3.05, 3.63) is 47.4 Å². The molecule has 0 bridgehead atoms. The van der Waals surface area contributed by atoms with Crippen molar-refractivity contribution in [2.45, 2.75) is 33.3 Å². The highest BCUT2D eigenvalue weighted by molar-refractivity contribution is 5.95. The lowest BCUT2D eigenvalue weighted by Gasteiger charge is -2.29. The van der Waals surface area contributed by atoms with Gasteiger partial charge in [-0.3, -0.25) is 4.79 Å². The summed E-state index contributed by atoms with van der Waals surface area (Å²) in [5.41, 5.74) is 0.802. The van der Waals surface area contributed by atoms with E-state index in [4.69, 9.17) is 4.74 Å². The lowest BCUT2D eigenvalue weighted by molar-refractivity contribution is -0.122. The fourth-order valence-electron chi connectivity index (χ4n) is 2.17. The van der Waals surface area contributed by atoms with E-state index in [1.54, 1.807) is 0 Å². The Labute approximate surface area is 107 Å². The molecular formula is C15H18O3. The normalized spacial score (nSPS) is 18.9. The number of carbonyl (C=O) groups is 1. The Kier molecular flexibility index (Phi) is 3.41. The van der Waals surface area contributed by atoms with E-state index in [9.17, 15) is 9.90 Å². The summed E-state index contributed by atoms with van der Waals surface area (Å²) in [4.78, 5) is 11.9. The topological polar surface area (TPSA) is 46.5 Å². The van der Waals surface area contributed by atoms with E-state index < -0.39 is 0 Å². The predicted octanol–water partition coefficient (Wildman–Crippen LogP) is 3.36. The molecule has 0 unspecified atom stereocenters. The molecule has 18 heavy (non-hydrogen) atoms. The van der Waals surface area contributed by atoms with Crippen LogP contribution in [0.3, 0.4) is 0 Å². The van der Waals surface area contributed by atoms with Crippen LogP contribution in [-0.2, 0) is 16.1 Å². The molecule has 0 radical (unpaired) electrons. The maximum atomic E-state index is 11.9. The van der Waals surface area contributed by atoms with E-state index in [0.29, 0.717) is 19.4 Å². The van der Waals surface area contributed by atoms with Crippen molar-refractivity contribution in [2.24, 2.45) is 5.41 Å². The first-order valence-corrected chi connectivity index (χ1v) is 6.10. The monoisotopic (exact) mass is 246 g/mol. The predicted molar refractivity (Wildman–Crippen MR) is 68.9 cm³/mol. The number of ketones is 1. The second-order valence-corrected chi connectivity index (χ2v) is 5.49. The van der Waals surface area contributed by atoms with E-state index >= 15 is 0 Å². The van der Waals surface area contributed by atoms with Gasteiger partial charge in [0.15, 0.2) is 5.76 Å². The molecule has 1 N–H and O–H groups in total. The average Bonchev–Trinajstić information content (AvgIpc) is 2.27. The molecule has 2 rings (SSSR count). The average molecular weight is 246 g/mol. The molecule has 0 aliphatic heterocycles. The number of aliphatic hydroxyl groups excluding tert-OH is 1. The number of aliphatic hydroxyl groups is 1. The molecule has 1 aliphatic carbocycles. The Morgan fingerprint density at radius 3 is 2.50 bits per heavy atom. The molecule has 1 aliphatic rings. The SMILES string of the molecule is CC1(C)CC(=O)C(OCc2ccccc2)=C(O)C1. The van der Waals surface area contributed by atoms with Gasteiger partial charge in [0.05, 0.1) is 0 Å². The van der Waals surface area contributed by atoms with Gasteiger partial charge in [-0.05, 0) is 11.0 Å². The highest BCUT2D eigenvalue weighted by Crippen LogP contribution is 2.36. The van der Waals surface area contributed by atoms with Gasteiger partial charge in [0, 0.05) is 12.8 Å². The molecule has 0 fully saturated rings. The molecule has 0 heterocycles. The molecule has 0 amide bonds. The maximum Gasteiger partial charge on any atom is 0.201 e. The van der Waals surface area contributed by atoms with Crippen LogP contribution in [0, 0.1) is 5.41 Å². The third-order valence-corrected chi connectivity index (χ3v) is 3.03. The van der Waals surface area contributed by atoms with Crippen molar-refractivity contribution in [1.82, 2.24) is 0 Å². The number of rotatable bonds is 3. The zero-order chi connectivity index (χ0) is 13.2. The number of ether oxygens (including phenoxy) is 1. The van der Waals surface area contributed by atoms with Gasteiger partial charge in [0.2, 0.25) is 5.78 Å². The summed E-state index contributed by atoms with van der Waals surface area (Å²) in [5, 5.41) is 9.89. The second-order valence-electron chi connectivity index (χ2n) is 5.49. The van der Waals surface area contributed by atoms with Crippen molar-refractivity contribution in [3.63, 3.8) is 0 Å². The number of hydrogen-bond acceptors (Lipinski definition) is 3. The highest BCUT2D eigenvalue weighted by atomic mass is 16.5. The van der Waals surface area contributed by atoms with E-state index in [2.05, 4.69) is 0 Å². The Morgan fingerprint density at radius 1 is 1.22 bits per heavy atom. The second kappa shape index (κ2) is 4.84. The van der Waals surface area contributed by atoms with Crippen molar-refractivity contribution < 1.29 is 14.6 Å². The van der Waals surface area contributed by atoms with Crippen molar-refractivity contribution in [1.29, 1.82) is 0 Å². The molecule has 1 aromatic carbocycles. The summed E-state index contributed by atoms with van der Waals surface area (Å²) < 4.78 is 5.47. The van der Waals surface area contributed by atoms with Crippen molar-refractivity contribution in [3.8, 4) is 0 Å². The molecular weight excluding hydrogens is 228 g/mol. The van der Waals surface area contributed by atoms with Crippen LogP contribution in [0.2, 0.25) is 0 Å². The number of allylic oxidation sites excluding steroid dienone is 2. The van der Waals surface area contributed by atoms with Crippen LogP contribution >= 0.6 is 0 Å². The lowest BCUT2D eigenvalue weighted by Crippen LogP contribution is -2.26. The zero-order valence-corrected chi connectivity index (χ0v) is 10.8. The van der Waals surface area contributed by atoms with E-state index in [1.807, 2.05) is 44.2 Å². The Balaban J connectivity index is 2.07. The van der Waals surface area contributed by atoms with Crippen LogP contribution in [0.1, 0.15) is 32.3 Å². The number of benzene rings is 1. The van der Waals surface area contributed by atoms with E-state index in [-0.39, 0.29) is 22.7 Å². The molecule has 0 saturated carbocycles. The van der Waals surface area contributed by atoms with Gasteiger partial charge >= 0.3 is 0 Å². The minimum Gasteiger partial charge on any atom is -0.508 e. The Bertz CT molecular complexity index is 472. The van der Waals surface area contributed by atoms with Gasteiger partial charge in [0.25, 0.3) is 0 Å². The summed E-state index contributed by atoms with van der Waals surface area (Å²) in [6, 6.07) is 9.61. The largest absolute Gasteiger partial charge is 0.508 e. The van der Waals surface area contributed by atoms with Gasteiger partial charge in [-0.1, -0.05) is 44.2 Å². The van der Waals surface area contributed by atoms with Gasteiger partial charge in [-0.2, -0.15) is 0 Å². The van der Waals surface area contributed by atoms with Gasteiger partial charge in [-0.25, -0.2) is 0 Å².